The zero-order chi connectivity index (χ0) is 44.4. The monoisotopic (exact) mass is 852 g/mol. The van der Waals surface area contributed by atoms with Crippen molar-refractivity contribution in [2.24, 2.45) is 23.7 Å². The molecule has 6 rings (SSSR count). The number of cyclic esters (lactones) is 1. The Morgan fingerprint density at radius 1 is 1.05 bits per heavy atom. The predicted octanol–water partition coefficient (Wildman–Crippen LogP) is 5.69. The highest BCUT2D eigenvalue weighted by molar-refractivity contribution is 5.85. The molecule has 0 aromatic carbocycles. The van der Waals surface area contributed by atoms with Gasteiger partial charge in [0.2, 0.25) is 0 Å². The van der Waals surface area contributed by atoms with Crippen LogP contribution in [0.2, 0.25) is 0 Å². The summed E-state index contributed by atoms with van der Waals surface area (Å²) in [6.45, 7) is 20.4. The van der Waals surface area contributed by atoms with E-state index in [0.29, 0.717) is 37.9 Å². The molecule has 4 fully saturated rings. The standard InChI is InChI=1S/C46H69N5O10/c1-12-36-46(9)40(51(44(55)61-46)19-14-13-18-50-23-34(48-26-50)33-16-15-17-47-22-33)30(5)37(52)28(3)21-45(8)41(60-43-38(53)35(49(10)11)20-29(4)58-43)31(6)39(32(7)42(54)59-36)56-24-27(2)25-57-45/h15-17,22-23,26,28-32,35-36,38-41,43,53H,2,12-14,18-21,24-25H2,1,3-11H3/t28-,29-,30+,31+,32-,35+,36-,38-,39-,40-,41-,43+,45+,46-/m1/s1. The fourth-order valence-corrected chi connectivity index (χ4v) is 10.3. The molecule has 0 radical (unpaired) electrons. The van der Waals surface area contributed by atoms with Crippen molar-refractivity contribution in [1.82, 2.24) is 24.3 Å². The number of aromatic nitrogens is 3. The van der Waals surface area contributed by atoms with Gasteiger partial charge >= 0.3 is 12.1 Å². The Morgan fingerprint density at radius 3 is 2.48 bits per heavy atom. The molecule has 4 saturated heterocycles. The van der Waals surface area contributed by atoms with Crippen molar-refractivity contribution < 1.29 is 47.9 Å². The summed E-state index contributed by atoms with van der Waals surface area (Å²) < 4.78 is 41.2. The molecule has 4 aliphatic rings. The van der Waals surface area contributed by atoms with Crippen molar-refractivity contribution in [2.75, 3.05) is 33.9 Å². The summed E-state index contributed by atoms with van der Waals surface area (Å²) in [6.07, 6.45) is 4.56. The van der Waals surface area contributed by atoms with Crippen molar-refractivity contribution in [1.29, 1.82) is 0 Å². The van der Waals surface area contributed by atoms with Crippen LogP contribution in [-0.4, -0.2) is 141 Å². The first kappa shape index (κ1) is 46.8. The Labute approximate surface area is 361 Å². The maximum absolute atomic E-state index is 15.0. The number of ketones is 1. The molecule has 0 saturated carbocycles. The van der Waals surface area contributed by atoms with E-state index in [0.717, 1.165) is 17.7 Å². The lowest BCUT2D eigenvalue weighted by Gasteiger charge is -2.48. The number of ether oxygens (including phenoxy) is 6. The summed E-state index contributed by atoms with van der Waals surface area (Å²) in [4.78, 5) is 55.8. The maximum Gasteiger partial charge on any atom is 0.410 e. The summed E-state index contributed by atoms with van der Waals surface area (Å²) in [5.41, 5.74) is -0.0801. The molecule has 1 N–H and O–H groups in total. The molecule has 1 amide bonds. The minimum absolute atomic E-state index is 0.0922. The molecule has 0 aliphatic carbocycles. The van der Waals surface area contributed by atoms with Gasteiger partial charge in [-0.05, 0) is 91.6 Å². The lowest BCUT2D eigenvalue weighted by atomic mass is 9.73. The Morgan fingerprint density at radius 2 is 1.79 bits per heavy atom. The number of unbranched alkanes of at least 4 members (excludes halogenated alkanes) is 1. The molecule has 4 aliphatic heterocycles. The van der Waals surface area contributed by atoms with E-state index in [9.17, 15) is 19.5 Å². The number of hydrogen-bond acceptors (Lipinski definition) is 13. The number of esters is 1. The molecular weight excluding hydrogens is 783 g/mol. The van der Waals surface area contributed by atoms with Gasteiger partial charge in [-0.2, -0.15) is 0 Å². The number of fused-ring (bicyclic) bond motifs is 4. The number of nitrogens with zero attached hydrogens (tertiary/aromatic N) is 5. The molecule has 61 heavy (non-hydrogen) atoms. The first-order valence-electron chi connectivity index (χ1n) is 22.1. The molecule has 15 heteroatoms. The number of aliphatic hydroxyl groups is 1. The third kappa shape index (κ3) is 9.92. The third-order valence-electron chi connectivity index (χ3n) is 13.6. The van der Waals surface area contributed by atoms with E-state index in [1.165, 1.54) is 0 Å². The zero-order valence-corrected chi connectivity index (χ0v) is 37.8. The molecule has 0 unspecified atom stereocenters. The van der Waals surface area contributed by atoms with Crippen LogP contribution in [0.5, 0.6) is 0 Å². The number of rotatable bonds is 10. The van der Waals surface area contributed by atoms with Crippen LogP contribution in [0.3, 0.4) is 0 Å². The quantitative estimate of drug-likeness (QED) is 0.177. The lowest BCUT2D eigenvalue weighted by molar-refractivity contribution is -0.302. The van der Waals surface area contributed by atoms with Crippen LogP contribution in [0.15, 0.2) is 49.2 Å². The second-order valence-corrected chi connectivity index (χ2v) is 18.7. The van der Waals surface area contributed by atoms with Gasteiger partial charge < -0.3 is 47.9 Å². The molecule has 2 aromatic rings. The molecule has 2 bridgehead atoms. The summed E-state index contributed by atoms with van der Waals surface area (Å²) >= 11 is 0. The second kappa shape index (κ2) is 19.3. The number of amides is 1. The van der Waals surface area contributed by atoms with Crippen molar-refractivity contribution in [2.45, 2.75) is 154 Å². The van der Waals surface area contributed by atoms with E-state index < -0.39 is 83.7 Å². The Bertz CT molecular complexity index is 1840. The van der Waals surface area contributed by atoms with E-state index >= 15 is 0 Å². The number of pyridine rings is 1. The van der Waals surface area contributed by atoms with Gasteiger partial charge in [0.1, 0.15) is 18.0 Å². The third-order valence-corrected chi connectivity index (χ3v) is 13.6. The van der Waals surface area contributed by atoms with Gasteiger partial charge in [-0.3, -0.25) is 14.6 Å². The summed E-state index contributed by atoms with van der Waals surface area (Å²) in [7, 11) is 3.83. The number of carbonyl (C=O) groups excluding carboxylic acids is 3. The van der Waals surface area contributed by atoms with E-state index in [-0.39, 0.29) is 37.6 Å². The highest BCUT2D eigenvalue weighted by atomic mass is 16.7. The molecule has 15 nitrogen and oxygen atoms in total. The molecular formula is C46H69N5O10. The van der Waals surface area contributed by atoms with E-state index in [2.05, 4.69) is 16.5 Å². The van der Waals surface area contributed by atoms with Crippen LogP contribution < -0.4 is 0 Å². The zero-order valence-electron chi connectivity index (χ0n) is 37.8. The van der Waals surface area contributed by atoms with Crippen LogP contribution >= 0.6 is 0 Å². The van der Waals surface area contributed by atoms with Crippen LogP contribution in [0.4, 0.5) is 4.79 Å². The average Bonchev–Trinajstić information content (AvgIpc) is 3.81. The Balaban J connectivity index is 1.32. The Kier molecular flexibility index (Phi) is 14.8. The van der Waals surface area contributed by atoms with Crippen LogP contribution in [0, 0.1) is 23.7 Å². The minimum atomic E-state index is -1.34. The minimum Gasteiger partial charge on any atom is -0.458 e. The predicted molar refractivity (Wildman–Crippen MR) is 227 cm³/mol. The topological polar surface area (TPSA) is 164 Å². The molecule has 6 heterocycles. The van der Waals surface area contributed by atoms with Gasteiger partial charge in [0.05, 0.1) is 61.1 Å². The number of likely N-dealkylation sites (N-methyl/N-ethyl adjacent to an activating group) is 1. The smallest absolute Gasteiger partial charge is 0.410 e. The first-order chi connectivity index (χ1) is 28.9. The summed E-state index contributed by atoms with van der Waals surface area (Å²) in [5, 5.41) is 11.6. The number of imidazole rings is 1. The normalized spacial score (nSPS) is 38.0. The van der Waals surface area contributed by atoms with Crippen molar-refractivity contribution >= 4 is 17.8 Å². The lowest BCUT2D eigenvalue weighted by Crippen LogP contribution is -2.61. The first-order valence-corrected chi connectivity index (χ1v) is 22.1. The molecule has 2 aromatic heterocycles. The Hall–Kier alpha value is -3.73. The van der Waals surface area contributed by atoms with Crippen molar-refractivity contribution in [3.8, 4) is 11.3 Å². The van der Waals surface area contributed by atoms with E-state index in [1.54, 1.807) is 37.5 Å². The number of carbonyl (C=O) groups is 3. The van der Waals surface area contributed by atoms with Crippen molar-refractivity contribution in [3.05, 3.63) is 49.2 Å². The maximum atomic E-state index is 15.0. The van der Waals surface area contributed by atoms with E-state index in [4.69, 9.17) is 28.4 Å². The number of aryl methyl sites for hydroxylation is 1. The van der Waals surface area contributed by atoms with Gasteiger partial charge in [0, 0.05) is 61.0 Å². The number of aliphatic hydroxyl groups excluding tert-OH is 1. The fourth-order valence-electron chi connectivity index (χ4n) is 10.3. The summed E-state index contributed by atoms with van der Waals surface area (Å²) in [6, 6.07) is 2.86. The largest absolute Gasteiger partial charge is 0.458 e. The molecule has 338 valence electrons. The summed E-state index contributed by atoms with van der Waals surface area (Å²) in [5.74, 6) is -3.27. The van der Waals surface area contributed by atoms with Gasteiger partial charge in [-0.25, -0.2) is 9.78 Å². The van der Waals surface area contributed by atoms with Crippen molar-refractivity contribution in [3.63, 3.8) is 0 Å². The second-order valence-electron chi connectivity index (χ2n) is 18.7. The fraction of sp³-hybridized carbons (Fsp3) is 0.717. The number of hydrogen-bond donors (Lipinski definition) is 1. The van der Waals surface area contributed by atoms with E-state index in [1.807, 2.05) is 83.4 Å². The number of Topliss-reactive ketones (excluding diaryl/α,β-unsaturated/α-hetero) is 1. The van der Waals surface area contributed by atoms with Gasteiger partial charge in [0.15, 0.2) is 11.9 Å². The highest BCUT2D eigenvalue weighted by Gasteiger charge is 2.60. The van der Waals surface area contributed by atoms with Crippen LogP contribution in [-0.2, 0) is 44.6 Å². The molecule has 0 spiro atoms. The van der Waals surface area contributed by atoms with Crippen LogP contribution in [0.1, 0.15) is 87.5 Å². The van der Waals surface area contributed by atoms with Gasteiger partial charge in [-0.15, -0.1) is 0 Å². The highest BCUT2D eigenvalue weighted by Crippen LogP contribution is 2.44. The van der Waals surface area contributed by atoms with Gasteiger partial charge in [-0.1, -0.05) is 34.3 Å². The SMILES string of the molecule is C=C1CO[C@@H]2[C@H](C)[C@@H](O[C@@H]3O[C@H](C)C[C@H](N(C)C)[C@H]3O)[C@](C)(C[C@@H](C)C(=O)[C@H](C)[C@H]3N(CCCCn4cnc(-c5cccnc5)c4)C(=O)O[C@]3(C)[C@@H](CC)OC(=O)[C@@H]2C)OC1. The molecule has 14 atom stereocenters. The van der Waals surface area contributed by atoms with Gasteiger partial charge in [0.25, 0.3) is 0 Å². The average molecular weight is 852 g/mol. The van der Waals surface area contributed by atoms with Crippen LogP contribution in [0.25, 0.3) is 11.3 Å².